The first-order chi connectivity index (χ1) is 11.5. The number of rotatable bonds is 4. The SMILES string of the molecule is CCCS(=O)(=O)N1CCc2ncnc(N3CCN(C)CC3)c2CC1. The molecule has 0 N–H and O–H groups in total. The van der Waals surface area contributed by atoms with Gasteiger partial charge < -0.3 is 9.80 Å². The predicted molar refractivity (Wildman–Crippen MR) is 94.8 cm³/mol. The lowest BCUT2D eigenvalue weighted by atomic mass is 10.1. The summed E-state index contributed by atoms with van der Waals surface area (Å²) in [6.45, 7) is 6.92. The molecule has 0 radical (unpaired) electrons. The van der Waals surface area contributed by atoms with E-state index in [4.69, 9.17) is 0 Å². The van der Waals surface area contributed by atoms with Crippen LogP contribution in [0.2, 0.25) is 0 Å². The zero-order chi connectivity index (χ0) is 17.2. The van der Waals surface area contributed by atoms with E-state index in [9.17, 15) is 8.42 Å². The van der Waals surface area contributed by atoms with Gasteiger partial charge in [-0.15, -0.1) is 0 Å². The second-order valence-corrected chi connectivity index (χ2v) is 8.72. The number of nitrogens with zero attached hydrogens (tertiary/aromatic N) is 5. The van der Waals surface area contributed by atoms with E-state index in [-0.39, 0.29) is 5.75 Å². The molecule has 1 aromatic rings. The Morgan fingerprint density at radius 3 is 2.46 bits per heavy atom. The second-order valence-electron chi connectivity index (χ2n) is 6.63. The molecule has 0 amide bonds. The van der Waals surface area contributed by atoms with Crippen molar-refractivity contribution in [2.75, 3.05) is 57.0 Å². The Morgan fingerprint density at radius 1 is 1.04 bits per heavy atom. The average molecular weight is 353 g/mol. The van der Waals surface area contributed by atoms with E-state index in [2.05, 4.69) is 26.8 Å². The minimum Gasteiger partial charge on any atom is -0.354 e. The molecular weight excluding hydrogens is 326 g/mol. The number of aromatic nitrogens is 2. The fraction of sp³-hybridized carbons (Fsp3) is 0.750. The maximum absolute atomic E-state index is 12.4. The Balaban J connectivity index is 1.80. The Kier molecular flexibility index (Phi) is 5.36. The van der Waals surface area contributed by atoms with Gasteiger partial charge in [-0.05, 0) is 19.9 Å². The number of hydrogen-bond donors (Lipinski definition) is 0. The van der Waals surface area contributed by atoms with E-state index in [1.54, 1.807) is 10.6 Å². The van der Waals surface area contributed by atoms with Crippen molar-refractivity contribution in [1.29, 1.82) is 0 Å². The van der Waals surface area contributed by atoms with Crippen LogP contribution in [0.3, 0.4) is 0 Å². The highest BCUT2D eigenvalue weighted by Gasteiger charge is 2.27. The van der Waals surface area contributed by atoms with Crippen LogP contribution >= 0.6 is 0 Å². The molecule has 0 bridgehead atoms. The fourth-order valence-electron chi connectivity index (χ4n) is 3.44. The molecule has 7 nitrogen and oxygen atoms in total. The summed E-state index contributed by atoms with van der Waals surface area (Å²) in [6.07, 6.45) is 3.64. The summed E-state index contributed by atoms with van der Waals surface area (Å²) < 4.78 is 26.4. The molecule has 3 rings (SSSR count). The van der Waals surface area contributed by atoms with Crippen molar-refractivity contribution in [2.24, 2.45) is 0 Å². The van der Waals surface area contributed by atoms with Crippen LogP contribution in [-0.4, -0.2) is 79.7 Å². The van der Waals surface area contributed by atoms with Crippen molar-refractivity contribution in [3.63, 3.8) is 0 Å². The first-order valence-corrected chi connectivity index (χ1v) is 10.4. The Labute approximate surface area is 144 Å². The van der Waals surface area contributed by atoms with Crippen LogP contribution in [0.15, 0.2) is 6.33 Å². The summed E-state index contributed by atoms with van der Waals surface area (Å²) in [7, 11) is -1.02. The molecule has 0 atom stereocenters. The largest absolute Gasteiger partial charge is 0.354 e. The van der Waals surface area contributed by atoms with E-state index in [1.165, 1.54) is 0 Å². The predicted octanol–water partition coefficient (Wildman–Crippen LogP) is 0.369. The molecule has 0 unspecified atom stereocenters. The molecule has 0 saturated carbocycles. The molecule has 0 aliphatic carbocycles. The van der Waals surface area contributed by atoms with Gasteiger partial charge in [-0.3, -0.25) is 0 Å². The molecule has 2 aliphatic heterocycles. The van der Waals surface area contributed by atoms with Crippen LogP contribution in [0.1, 0.15) is 24.6 Å². The van der Waals surface area contributed by atoms with Crippen LogP contribution in [0, 0.1) is 0 Å². The molecule has 1 aromatic heterocycles. The van der Waals surface area contributed by atoms with E-state index in [0.717, 1.165) is 43.3 Å². The zero-order valence-corrected chi connectivity index (χ0v) is 15.4. The van der Waals surface area contributed by atoms with Gasteiger partial charge in [0.25, 0.3) is 0 Å². The average Bonchev–Trinajstić information content (AvgIpc) is 2.78. The number of fused-ring (bicyclic) bond motifs is 1. The maximum Gasteiger partial charge on any atom is 0.214 e. The molecular formula is C16H27N5O2S. The Hall–Kier alpha value is -1.25. The lowest BCUT2D eigenvalue weighted by molar-refractivity contribution is 0.311. The van der Waals surface area contributed by atoms with Crippen molar-refractivity contribution in [1.82, 2.24) is 19.2 Å². The summed E-state index contributed by atoms with van der Waals surface area (Å²) in [5.41, 5.74) is 2.14. The molecule has 0 aromatic carbocycles. The van der Waals surface area contributed by atoms with Gasteiger partial charge in [0.15, 0.2) is 0 Å². The molecule has 1 saturated heterocycles. The van der Waals surface area contributed by atoms with E-state index >= 15 is 0 Å². The first-order valence-electron chi connectivity index (χ1n) is 8.75. The topological polar surface area (TPSA) is 69.6 Å². The van der Waals surface area contributed by atoms with Crippen molar-refractivity contribution < 1.29 is 8.42 Å². The maximum atomic E-state index is 12.4. The number of anilines is 1. The van der Waals surface area contributed by atoms with E-state index in [1.807, 2.05) is 6.92 Å². The smallest absolute Gasteiger partial charge is 0.214 e. The van der Waals surface area contributed by atoms with E-state index in [0.29, 0.717) is 32.4 Å². The van der Waals surface area contributed by atoms with Crippen LogP contribution < -0.4 is 4.90 Å². The highest BCUT2D eigenvalue weighted by Crippen LogP contribution is 2.25. The monoisotopic (exact) mass is 353 g/mol. The van der Waals surface area contributed by atoms with Gasteiger partial charge in [0.05, 0.1) is 11.4 Å². The summed E-state index contributed by atoms with van der Waals surface area (Å²) in [6, 6.07) is 0. The highest BCUT2D eigenvalue weighted by atomic mass is 32.2. The third-order valence-corrected chi connectivity index (χ3v) is 6.96. The van der Waals surface area contributed by atoms with Gasteiger partial charge in [0.2, 0.25) is 10.0 Å². The van der Waals surface area contributed by atoms with Crippen LogP contribution in [-0.2, 0) is 22.9 Å². The summed E-state index contributed by atoms with van der Waals surface area (Å²) in [5.74, 6) is 1.23. The number of sulfonamides is 1. The van der Waals surface area contributed by atoms with Crippen LogP contribution in [0.5, 0.6) is 0 Å². The molecule has 3 heterocycles. The summed E-state index contributed by atoms with van der Waals surface area (Å²) in [5, 5.41) is 0. The lowest BCUT2D eigenvalue weighted by Crippen LogP contribution is -2.45. The molecule has 24 heavy (non-hydrogen) atoms. The highest BCUT2D eigenvalue weighted by molar-refractivity contribution is 7.89. The molecule has 8 heteroatoms. The normalized spacial score (nSPS) is 20.7. The van der Waals surface area contributed by atoms with Gasteiger partial charge in [-0.2, -0.15) is 0 Å². The van der Waals surface area contributed by atoms with Crippen molar-refractivity contribution in [2.45, 2.75) is 26.2 Å². The minimum absolute atomic E-state index is 0.223. The van der Waals surface area contributed by atoms with Crippen molar-refractivity contribution in [3.8, 4) is 0 Å². The second kappa shape index (κ2) is 7.33. The summed E-state index contributed by atoms with van der Waals surface area (Å²) in [4.78, 5) is 13.6. The Morgan fingerprint density at radius 2 is 1.75 bits per heavy atom. The van der Waals surface area contributed by atoms with Gasteiger partial charge >= 0.3 is 0 Å². The molecule has 1 fully saturated rings. The third kappa shape index (κ3) is 3.70. The number of piperazine rings is 1. The summed E-state index contributed by atoms with van der Waals surface area (Å²) >= 11 is 0. The van der Waals surface area contributed by atoms with Gasteiger partial charge in [-0.25, -0.2) is 22.7 Å². The number of likely N-dealkylation sites (N-methyl/N-ethyl adjacent to an activating group) is 1. The fourth-order valence-corrected chi connectivity index (χ4v) is 4.96. The first kappa shape index (κ1) is 17.6. The zero-order valence-electron chi connectivity index (χ0n) is 14.6. The van der Waals surface area contributed by atoms with Gasteiger partial charge in [0, 0.05) is 51.3 Å². The lowest BCUT2D eigenvalue weighted by Gasteiger charge is -2.34. The van der Waals surface area contributed by atoms with Crippen LogP contribution in [0.4, 0.5) is 5.82 Å². The Bertz CT molecular complexity index is 671. The molecule has 2 aliphatic rings. The third-order valence-electron chi connectivity index (χ3n) is 4.88. The van der Waals surface area contributed by atoms with Crippen LogP contribution in [0.25, 0.3) is 0 Å². The van der Waals surface area contributed by atoms with Crippen molar-refractivity contribution >= 4 is 15.8 Å². The molecule has 134 valence electrons. The minimum atomic E-state index is -3.15. The standard InChI is InChI=1S/C16H27N5O2S/c1-3-12-24(22,23)21-6-4-14-15(5-7-21)17-13-18-16(14)20-10-8-19(2)9-11-20/h13H,3-12H2,1-2H3. The molecule has 0 spiro atoms. The van der Waals surface area contributed by atoms with Crippen molar-refractivity contribution in [3.05, 3.63) is 17.6 Å². The van der Waals surface area contributed by atoms with E-state index < -0.39 is 10.0 Å². The number of hydrogen-bond acceptors (Lipinski definition) is 6. The van der Waals surface area contributed by atoms with Gasteiger partial charge in [-0.1, -0.05) is 6.92 Å². The quantitative estimate of drug-likeness (QED) is 0.779. The van der Waals surface area contributed by atoms with Gasteiger partial charge in [0.1, 0.15) is 12.1 Å².